The van der Waals surface area contributed by atoms with Crippen molar-refractivity contribution in [3.05, 3.63) is 49.1 Å². The fourth-order valence-electron chi connectivity index (χ4n) is 1.86. The van der Waals surface area contributed by atoms with Crippen molar-refractivity contribution in [3.63, 3.8) is 0 Å². The third-order valence-electron chi connectivity index (χ3n) is 2.82. The molecular formula is C12H9BrN4O2. The Kier molecular flexibility index (Phi) is 2.63. The average molecular weight is 321 g/mol. The van der Waals surface area contributed by atoms with Crippen LogP contribution in [0.25, 0.3) is 22.6 Å². The zero-order valence-electron chi connectivity index (χ0n) is 9.87. The molecule has 3 aromatic rings. The summed E-state index contributed by atoms with van der Waals surface area (Å²) in [5.74, 6) is 0.540. The number of nitrogens with zero attached hydrogens (tertiary/aromatic N) is 1. The molecule has 1 aromatic carbocycles. The van der Waals surface area contributed by atoms with E-state index in [1.807, 2.05) is 25.1 Å². The Morgan fingerprint density at radius 3 is 2.68 bits per heavy atom. The third kappa shape index (κ3) is 2.01. The zero-order chi connectivity index (χ0) is 13.6. The van der Waals surface area contributed by atoms with Gasteiger partial charge in [0.1, 0.15) is 11.3 Å². The van der Waals surface area contributed by atoms with E-state index in [2.05, 4.69) is 35.9 Å². The van der Waals surface area contributed by atoms with Crippen LogP contribution in [0, 0.1) is 6.92 Å². The fourth-order valence-corrected chi connectivity index (χ4v) is 2.11. The molecule has 0 saturated heterocycles. The van der Waals surface area contributed by atoms with Crippen LogP contribution >= 0.6 is 15.9 Å². The molecule has 0 saturated carbocycles. The number of nitrogens with one attached hydrogen (secondary N) is 3. The lowest BCUT2D eigenvalue weighted by atomic mass is 10.1. The summed E-state index contributed by atoms with van der Waals surface area (Å²) in [7, 11) is 0. The number of hydrogen-bond donors (Lipinski definition) is 3. The van der Waals surface area contributed by atoms with Crippen molar-refractivity contribution in [1.29, 1.82) is 0 Å². The Labute approximate surface area is 115 Å². The number of fused-ring (bicyclic) bond motifs is 1. The molecule has 2 aromatic heterocycles. The lowest BCUT2D eigenvalue weighted by molar-refractivity contribution is 1.07. The lowest BCUT2D eigenvalue weighted by Gasteiger charge is -2.00. The minimum atomic E-state index is -0.567. The van der Waals surface area contributed by atoms with E-state index in [1.54, 1.807) is 0 Å². The first-order chi connectivity index (χ1) is 9.04. The van der Waals surface area contributed by atoms with Crippen molar-refractivity contribution in [3.8, 4) is 11.4 Å². The second-order valence-corrected chi connectivity index (χ2v) is 5.04. The molecule has 6 nitrogen and oxygen atoms in total. The molecule has 0 spiro atoms. The summed E-state index contributed by atoms with van der Waals surface area (Å²) in [6.07, 6.45) is 0. The van der Waals surface area contributed by atoms with Gasteiger partial charge >= 0.3 is 5.69 Å². The number of aryl methyl sites for hydroxylation is 1. The molecule has 0 aliphatic heterocycles. The van der Waals surface area contributed by atoms with Gasteiger partial charge in [0.05, 0.1) is 0 Å². The van der Waals surface area contributed by atoms with Crippen LogP contribution in [0.2, 0.25) is 0 Å². The van der Waals surface area contributed by atoms with Gasteiger partial charge in [0, 0.05) is 10.0 Å². The van der Waals surface area contributed by atoms with Crippen molar-refractivity contribution >= 4 is 27.1 Å². The quantitative estimate of drug-likeness (QED) is 0.636. The summed E-state index contributed by atoms with van der Waals surface area (Å²) in [5, 5.41) is 0. The summed E-state index contributed by atoms with van der Waals surface area (Å²) in [6.45, 7) is 1.96. The van der Waals surface area contributed by atoms with Crippen molar-refractivity contribution in [2.75, 3.05) is 0 Å². The summed E-state index contributed by atoms with van der Waals surface area (Å²) < 4.78 is 0.999. The minimum absolute atomic E-state index is 0.254. The highest BCUT2D eigenvalue weighted by Crippen LogP contribution is 2.23. The number of aromatic nitrogens is 4. The summed E-state index contributed by atoms with van der Waals surface area (Å²) in [6, 6.07) is 5.72. The molecule has 7 heteroatoms. The highest BCUT2D eigenvalue weighted by atomic mass is 79.9. The fraction of sp³-hybridized carbons (Fsp3) is 0.0833. The highest BCUT2D eigenvalue weighted by molar-refractivity contribution is 9.10. The highest BCUT2D eigenvalue weighted by Gasteiger charge is 2.09. The summed E-state index contributed by atoms with van der Waals surface area (Å²) >= 11 is 3.42. The topological polar surface area (TPSA) is 94.4 Å². The first-order valence-corrected chi connectivity index (χ1v) is 6.33. The molecule has 2 heterocycles. The first-order valence-electron chi connectivity index (χ1n) is 5.53. The van der Waals surface area contributed by atoms with Crippen LogP contribution in [-0.2, 0) is 0 Å². The van der Waals surface area contributed by atoms with Gasteiger partial charge < -0.3 is 4.98 Å². The van der Waals surface area contributed by atoms with E-state index < -0.39 is 11.2 Å². The van der Waals surface area contributed by atoms with Crippen LogP contribution in [0.1, 0.15) is 5.56 Å². The molecule has 0 aliphatic rings. The van der Waals surface area contributed by atoms with Crippen LogP contribution in [0.15, 0.2) is 32.3 Å². The number of aromatic amines is 3. The van der Waals surface area contributed by atoms with Crippen LogP contribution in [0.3, 0.4) is 0 Å². The van der Waals surface area contributed by atoms with E-state index in [-0.39, 0.29) is 11.2 Å². The van der Waals surface area contributed by atoms with E-state index in [0.717, 1.165) is 15.6 Å². The maximum absolute atomic E-state index is 11.6. The molecule has 0 aliphatic carbocycles. The molecule has 96 valence electrons. The molecule has 0 fully saturated rings. The number of H-pyrrole nitrogens is 3. The Bertz CT molecular complexity index is 891. The molecule has 19 heavy (non-hydrogen) atoms. The Hall–Kier alpha value is -2.15. The largest absolute Gasteiger partial charge is 0.332 e. The van der Waals surface area contributed by atoms with E-state index >= 15 is 0 Å². The van der Waals surface area contributed by atoms with E-state index in [0.29, 0.717) is 5.82 Å². The molecular weight excluding hydrogens is 312 g/mol. The van der Waals surface area contributed by atoms with Crippen LogP contribution in [0.4, 0.5) is 0 Å². The summed E-state index contributed by atoms with van der Waals surface area (Å²) in [4.78, 5) is 34.6. The van der Waals surface area contributed by atoms with Gasteiger partial charge in [-0.25, -0.2) is 9.78 Å². The zero-order valence-corrected chi connectivity index (χ0v) is 11.5. The van der Waals surface area contributed by atoms with Gasteiger partial charge in [0.15, 0.2) is 5.65 Å². The first kappa shape index (κ1) is 11.9. The Morgan fingerprint density at radius 1 is 1.16 bits per heavy atom. The number of hydrogen-bond acceptors (Lipinski definition) is 3. The molecule has 0 bridgehead atoms. The maximum atomic E-state index is 11.6. The number of benzene rings is 1. The number of halogens is 1. The number of imidazole rings is 1. The van der Waals surface area contributed by atoms with E-state index in [4.69, 9.17) is 0 Å². The SMILES string of the molecule is Cc1cc(-c2nc3[nH]c(=O)[nH]c(=O)c3[nH]2)ccc1Br. The van der Waals surface area contributed by atoms with Gasteiger partial charge in [-0.15, -0.1) is 0 Å². The van der Waals surface area contributed by atoms with Crippen molar-refractivity contribution in [1.82, 2.24) is 19.9 Å². The van der Waals surface area contributed by atoms with Crippen molar-refractivity contribution in [2.24, 2.45) is 0 Å². The monoisotopic (exact) mass is 320 g/mol. The van der Waals surface area contributed by atoms with E-state index in [1.165, 1.54) is 0 Å². The standard InChI is InChI=1S/C12H9BrN4O2/c1-5-4-6(2-3-7(5)13)9-14-8-10(15-9)16-12(19)17-11(8)18/h2-4H,1H3,(H3,14,15,16,17,18,19). The molecule has 3 rings (SSSR count). The van der Waals surface area contributed by atoms with Crippen molar-refractivity contribution < 1.29 is 0 Å². The molecule has 3 N–H and O–H groups in total. The van der Waals surface area contributed by atoms with Gasteiger partial charge in [-0.1, -0.05) is 22.0 Å². The Morgan fingerprint density at radius 2 is 1.95 bits per heavy atom. The van der Waals surface area contributed by atoms with Gasteiger partial charge in [-0.2, -0.15) is 0 Å². The predicted molar refractivity (Wildman–Crippen MR) is 75.2 cm³/mol. The molecule has 0 unspecified atom stereocenters. The Balaban J connectivity index is 2.26. The molecule has 0 radical (unpaired) electrons. The maximum Gasteiger partial charge on any atom is 0.327 e. The van der Waals surface area contributed by atoms with Crippen LogP contribution < -0.4 is 11.2 Å². The van der Waals surface area contributed by atoms with Gasteiger partial charge in [-0.3, -0.25) is 14.8 Å². The summed E-state index contributed by atoms with van der Waals surface area (Å²) in [5.41, 5.74) is 1.37. The third-order valence-corrected chi connectivity index (χ3v) is 3.71. The average Bonchev–Trinajstić information content (AvgIpc) is 2.76. The predicted octanol–water partition coefficient (Wildman–Crippen LogP) is 1.68. The van der Waals surface area contributed by atoms with Crippen molar-refractivity contribution in [2.45, 2.75) is 6.92 Å². The normalized spacial score (nSPS) is 11.1. The minimum Gasteiger partial charge on any atom is -0.332 e. The second kappa shape index (κ2) is 4.20. The lowest BCUT2D eigenvalue weighted by Crippen LogP contribution is -2.21. The van der Waals surface area contributed by atoms with Gasteiger partial charge in [0.25, 0.3) is 5.56 Å². The van der Waals surface area contributed by atoms with Crippen LogP contribution in [-0.4, -0.2) is 19.9 Å². The smallest absolute Gasteiger partial charge is 0.327 e. The van der Waals surface area contributed by atoms with Gasteiger partial charge in [0.2, 0.25) is 0 Å². The molecule has 0 atom stereocenters. The molecule has 0 amide bonds. The number of rotatable bonds is 1. The second-order valence-electron chi connectivity index (χ2n) is 4.18. The van der Waals surface area contributed by atoms with Gasteiger partial charge in [-0.05, 0) is 24.6 Å². The van der Waals surface area contributed by atoms with Crippen LogP contribution in [0.5, 0.6) is 0 Å². The van der Waals surface area contributed by atoms with E-state index in [9.17, 15) is 9.59 Å².